The first-order valence-electron chi connectivity index (χ1n) is 8.87. The Hall–Kier alpha value is -3.22. The van der Waals surface area contributed by atoms with Gasteiger partial charge in [0, 0.05) is 36.5 Å². The number of carbonyl (C=O) groups excluding carboxylic acids is 3. The van der Waals surface area contributed by atoms with Crippen LogP contribution in [0.1, 0.15) is 30.6 Å². The van der Waals surface area contributed by atoms with Gasteiger partial charge < -0.3 is 15.5 Å². The Labute approximate surface area is 157 Å². The lowest BCUT2D eigenvalue weighted by molar-refractivity contribution is -0.129. The Morgan fingerprint density at radius 2 is 1.85 bits per heavy atom. The molecule has 1 aliphatic rings. The topological polar surface area (TPSA) is 91.4 Å². The van der Waals surface area contributed by atoms with Crippen molar-refractivity contribution in [3.05, 3.63) is 54.2 Å². The zero-order chi connectivity index (χ0) is 19.4. The van der Waals surface area contributed by atoms with Crippen LogP contribution in [0, 0.1) is 5.92 Å². The summed E-state index contributed by atoms with van der Waals surface area (Å²) in [5, 5.41) is 5.52. The average Bonchev–Trinajstić information content (AvgIpc) is 3.05. The maximum absolute atomic E-state index is 12.4. The quantitative estimate of drug-likeness (QED) is 0.851. The molecule has 0 saturated carbocycles. The number of hydrogen-bond donors (Lipinski definition) is 2. The van der Waals surface area contributed by atoms with Crippen LogP contribution in [0.4, 0.5) is 11.5 Å². The van der Waals surface area contributed by atoms with E-state index in [1.54, 1.807) is 53.6 Å². The fourth-order valence-electron chi connectivity index (χ4n) is 2.98. The van der Waals surface area contributed by atoms with Crippen molar-refractivity contribution in [1.29, 1.82) is 0 Å². The van der Waals surface area contributed by atoms with E-state index in [9.17, 15) is 14.4 Å². The molecule has 1 atom stereocenters. The summed E-state index contributed by atoms with van der Waals surface area (Å²) in [6.45, 7) is 4.31. The molecule has 1 aliphatic heterocycles. The van der Waals surface area contributed by atoms with Gasteiger partial charge in [0.25, 0.3) is 5.91 Å². The summed E-state index contributed by atoms with van der Waals surface area (Å²) in [5.41, 5.74) is 1.05. The number of likely N-dealkylation sites (tertiary alicyclic amines) is 1. The Kier molecular flexibility index (Phi) is 5.49. The first kappa shape index (κ1) is 18.6. The second-order valence-corrected chi connectivity index (χ2v) is 6.78. The first-order chi connectivity index (χ1) is 12.9. The Bertz CT molecular complexity index is 834. The van der Waals surface area contributed by atoms with Gasteiger partial charge >= 0.3 is 0 Å². The van der Waals surface area contributed by atoms with Crippen LogP contribution < -0.4 is 10.6 Å². The largest absolute Gasteiger partial charge is 0.339 e. The van der Waals surface area contributed by atoms with Gasteiger partial charge in [0.1, 0.15) is 5.82 Å². The normalized spacial score (nSPS) is 16.5. The van der Waals surface area contributed by atoms with Crippen molar-refractivity contribution in [3.63, 3.8) is 0 Å². The predicted octanol–water partition coefficient (Wildman–Crippen LogP) is 2.53. The van der Waals surface area contributed by atoms with E-state index in [-0.39, 0.29) is 36.1 Å². The van der Waals surface area contributed by atoms with Crippen LogP contribution >= 0.6 is 0 Å². The summed E-state index contributed by atoms with van der Waals surface area (Å²) in [6, 6.07) is 12.0. The summed E-state index contributed by atoms with van der Waals surface area (Å²) in [6.07, 6.45) is 1.83. The molecule has 27 heavy (non-hydrogen) atoms. The van der Waals surface area contributed by atoms with Crippen molar-refractivity contribution in [1.82, 2.24) is 9.88 Å². The van der Waals surface area contributed by atoms with Crippen molar-refractivity contribution in [2.45, 2.75) is 26.3 Å². The second-order valence-electron chi connectivity index (χ2n) is 6.78. The molecule has 7 nitrogen and oxygen atoms in total. The lowest BCUT2D eigenvalue weighted by atomic mass is 10.1. The van der Waals surface area contributed by atoms with Crippen LogP contribution in [0.15, 0.2) is 48.7 Å². The molecule has 0 aliphatic carbocycles. The van der Waals surface area contributed by atoms with Gasteiger partial charge in [-0.25, -0.2) is 4.98 Å². The molecular weight excluding hydrogens is 344 g/mol. The molecule has 1 aromatic carbocycles. The first-order valence-corrected chi connectivity index (χ1v) is 8.87. The SMILES string of the molecule is CC(C)N1C[C@@H](C(=O)Nc2ccc(C(=O)Nc3ccccn3)cc2)CC1=O. The number of anilines is 2. The number of carbonyl (C=O) groups is 3. The van der Waals surface area contributed by atoms with Crippen LogP contribution in [-0.4, -0.2) is 40.2 Å². The van der Waals surface area contributed by atoms with Crippen molar-refractivity contribution in [3.8, 4) is 0 Å². The fraction of sp³-hybridized carbons (Fsp3) is 0.300. The van der Waals surface area contributed by atoms with Crippen molar-refractivity contribution >= 4 is 29.2 Å². The highest BCUT2D eigenvalue weighted by Crippen LogP contribution is 2.22. The van der Waals surface area contributed by atoms with E-state index < -0.39 is 0 Å². The second kappa shape index (κ2) is 7.99. The minimum atomic E-state index is -0.355. The predicted molar refractivity (Wildman–Crippen MR) is 102 cm³/mol. The van der Waals surface area contributed by atoms with Crippen LogP contribution in [0.5, 0.6) is 0 Å². The van der Waals surface area contributed by atoms with Crippen LogP contribution in [0.3, 0.4) is 0 Å². The number of rotatable bonds is 5. The summed E-state index contributed by atoms with van der Waals surface area (Å²) >= 11 is 0. The molecule has 140 valence electrons. The average molecular weight is 366 g/mol. The summed E-state index contributed by atoms with van der Waals surface area (Å²) in [5.74, 6) is -0.336. The minimum Gasteiger partial charge on any atom is -0.339 e. The van der Waals surface area contributed by atoms with Gasteiger partial charge in [0.15, 0.2) is 0 Å². The molecule has 2 aromatic rings. The molecule has 2 heterocycles. The standard InChI is InChI=1S/C20H22N4O3/c1-13(2)24-12-15(11-18(24)25)20(27)22-16-8-6-14(7-9-16)19(26)23-17-5-3-4-10-21-17/h3-10,13,15H,11-12H2,1-2H3,(H,22,27)(H,21,23,26)/t15-/m0/s1. The third-order valence-electron chi connectivity index (χ3n) is 4.47. The fourth-order valence-corrected chi connectivity index (χ4v) is 2.98. The van der Waals surface area contributed by atoms with E-state index in [1.807, 2.05) is 13.8 Å². The highest BCUT2D eigenvalue weighted by atomic mass is 16.2. The summed E-state index contributed by atoms with van der Waals surface area (Å²) in [4.78, 5) is 42.3. The highest BCUT2D eigenvalue weighted by molar-refractivity contribution is 6.04. The summed E-state index contributed by atoms with van der Waals surface area (Å²) < 4.78 is 0. The van der Waals surface area contributed by atoms with Crippen LogP contribution in [0.25, 0.3) is 0 Å². The van der Waals surface area contributed by atoms with E-state index in [1.165, 1.54) is 0 Å². The molecule has 1 saturated heterocycles. The molecule has 0 bridgehead atoms. The van der Waals surface area contributed by atoms with E-state index in [0.29, 0.717) is 23.6 Å². The van der Waals surface area contributed by atoms with Gasteiger partial charge in [-0.3, -0.25) is 14.4 Å². The van der Waals surface area contributed by atoms with Gasteiger partial charge in [-0.15, -0.1) is 0 Å². The third kappa shape index (κ3) is 4.49. The Morgan fingerprint density at radius 3 is 2.44 bits per heavy atom. The molecule has 0 radical (unpaired) electrons. The number of amides is 3. The molecule has 3 rings (SSSR count). The van der Waals surface area contributed by atoms with E-state index >= 15 is 0 Å². The lowest BCUT2D eigenvalue weighted by Gasteiger charge is -2.20. The molecular formula is C20H22N4O3. The Morgan fingerprint density at radius 1 is 1.11 bits per heavy atom. The lowest BCUT2D eigenvalue weighted by Crippen LogP contribution is -2.33. The molecule has 2 N–H and O–H groups in total. The Balaban J connectivity index is 1.58. The van der Waals surface area contributed by atoms with E-state index in [0.717, 1.165) is 0 Å². The molecule has 0 spiro atoms. The van der Waals surface area contributed by atoms with Crippen LogP contribution in [0.2, 0.25) is 0 Å². The molecule has 0 unspecified atom stereocenters. The monoisotopic (exact) mass is 366 g/mol. The maximum Gasteiger partial charge on any atom is 0.256 e. The van der Waals surface area contributed by atoms with Crippen molar-refractivity contribution in [2.24, 2.45) is 5.92 Å². The number of hydrogen-bond acceptors (Lipinski definition) is 4. The molecule has 7 heteroatoms. The molecule has 1 aromatic heterocycles. The van der Waals surface area contributed by atoms with Crippen LogP contribution in [-0.2, 0) is 9.59 Å². The van der Waals surface area contributed by atoms with Gasteiger partial charge in [-0.1, -0.05) is 6.07 Å². The van der Waals surface area contributed by atoms with E-state index in [4.69, 9.17) is 0 Å². The van der Waals surface area contributed by atoms with Gasteiger partial charge in [-0.2, -0.15) is 0 Å². The molecule has 1 fully saturated rings. The van der Waals surface area contributed by atoms with Crippen molar-refractivity contribution < 1.29 is 14.4 Å². The number of nitrogens with one attached hydrogen (secondary N) is 2. The number of benzene rings is 1. The maximum atomic E-state index is 12.4. The summed E-state index contributed by atoms with van der Waals surface area (Å²) in [7, 11) is 0. The zero-order valence-corrected chi connectivity index (χ0v) is 15.3. The third-order valence-corrected chi connectivity index (χ3v) is 4.47. The number of aromatic nitrogens is 1. The zero-order valence-electron chi connectivity index (χ0n) is 15.3. The number of nitrogens with zero attached hydrogens (tertiary/aromatic N) is 2. The van der Waals surface area contributed by atoms with Gasteiger partial charge in [0.2, 0.25) is 11.8 Å². The van der Waals surface area contributed by atoms with Crippen molar-refractivity contribution in [2.75, 3.05) is 17.2 Å². The smallest absolute Gasteiger partial charge is 0.256 e. The minimum absolute atomic E-state index is 0.00619. The van der Waals surface area contributed by atoms with Gasteiger partial charge in [-0.05, 0) is 50.2 Å². The van der Waals surface area contributed by atoms with Gasteiger partial charge in [0.05, 0.1) is 5.92 Å². The number of pyridine rings is 1. The molecule has 3 amide bonds. The van der Waals surface area contributed by atoms with E-state index in [2.05, 4.69) is 15.6 Å². The highest BCUT2D eigenvalue weighted by Gasteiger charge is 2.35.